The van der Waals surface area contributed by atoms with Crippen molar-refractivity contribution >= 4 is 12.1 Å². The molecule has 2 N–H and O–H groups in total. The van der Waals surface area contributed by atoms with Gasteiger partial charge in [0, 0.05) is 6.54 Å². The van der Waals surface area contributed by atoms with Gasteiger partial charge >= 0.3 is 12.1 Å². The molecule has 0 aliphatic heterocycles. The zero-order valence-electron chi connectivity index (χ0n) is 11.1. The molecule has 1 atom stereocenters. The minimum Gasteiger partial charge on any atom is -0.468 e. The highest BCUT2D eigenvalue weighted by Crippen LogP contribution is 2.06. The lowest BCUT2D eigenvalue weighted by Crippen LogP contribution is -2.39. The van der Waals surface area contributed by atoms with Gasteiger partial charge in [0.05, 0.1) is 7.11 Å². The molecule has 0 bridgehead atoms. The van der Waals surface area contributed by atoms with E-state index in [9.17, 15) is 9.59 Å². The molecule has 0 rings (SSSR count). The van der Waals surface area contributed by atoms with E-state index in [2.05, 4.69) is 15.4 Å². The fourth-order valence-electron chi connectivity index (χ4n) is 1.16. The third-order valence-corrected chi connectivity index (χ3v) is 1.94. The minimum absolute atomic E-state index is 0.343. The lowest BCUT2D eigenvalue weighted by atomic mass is 10.2. The third kappa shape index (κ3) is 7.57. The van der Waals surface area contributed by atoms with Gasteiger partial charge in [-0.1, -0.05) is 0 Å². The second kappa shape index (κ2) is 7.11. The first-order valence-electron chi connectivity index (χ1n) is 5.52. The van der Waals surface area contributed by atoms with Crippen molar-refractivity contribution in [1.29, 1.82) is 0 Å². The summed E-state index contributed by atoms with van der Waals surface area (Å²) < 4.78 is 9.65. The van der Waals surface area contributed by atoms with E-state index >= 15 is 0 Å². The first kappa shape index (κ1) is 15.7. The Labute approximate surface area is 102 Å². The standard InChI is InChI=1S/C11H22N2O4/c1-11(2,3)17-10(15)13-7-6-8(12-4)9(14)16-5/h8,12H,6-7H2,1-5H3,(H,13,15)/t8-/m0/s1. The number of esters is 1. The summed E-state index contributed by atoms with van der Waals surface area (Å²) in [6.45, 7) is 5.71. The Morgan fingerprint density at radius 1 is 1.29 bits per heavy atom. The summed E-state index contributed by atoms with van der Waals surface area (Å²) in [6, 6.07) is -0.421. The number of alkyl carbamates (subject to hydrolysis) is 1. The SMILES string of the molecule is CN[C@@H](CCNC(=O)OC(C)(C)C)C(=O)OC. The lowest BCUT2D eigenvalue weighted by Gasteiger charge is -2.20. The number of rotatable bonds is 5. The third-order valence-electron chi connectivity index (χ3n) is 1.94. The fourth-order valence-corrected chi connectivity index (χ4v) is 1.16. The maximum Gasteiger partial charge on any atom is 0.407 e. The molecule has 17 heavy (non-hydrogen) atoms. The van der Waals surface area contributed by atoms with Gasteiger partial charge in [0.25, 0.3) is 0 Å². The molecular formula is C11H22N2O4. The summed E-state index contributed by atoms with van der Waals surface area (Å²) in [6.07, 6.45) is -0.0418. The number of likely N-dealkylation sites (N-methyl/N-ethyl adjacent to an activating group) is 1. The van der Waals surface area contributed by atoms with E-state index in [4.69, 9.17) is 4.74 Å². The number of methoxy groups -OCH3 is 1. The van der Waals surface area contributed by atoms with Gasteiger partial charge < -0.3 is 20.1 Å². The molecule has 0 aromatic heterocycles. The Hall–Kier alpha value is -1.30. The van der Waals surface area contributed by atoms with Crippen LogP contribution in [0.15, 0.2) is 0 Å². The van der Waals surface area contributed by atoms with Crippen molar-refractivity contribution in [1.82, 2.24) is 10.6 Å². The molecule has 0 heterocycles. The van der Waals surface area contributed by atoms with E-state index in [-0.39, 0.29) is 5.97 Å². The Kier molecular flexibility index (Phi) is 6.57. The largest absolute Gasteiger partial charge is 0.468 e. The second-order valence-corrected chi connectivity index (χ2v) is 4.58. The summed E-state index contributed by atoms with van der Waals surface area (Å²) in [4.78, 5) is 22.5. The molecule has 0 fully saturated rings. The van der Waals surface area contributed by atoms with Gasteiger partial charge in [-0.2, -0.15) is 0 Å². The predicted molar refractivity (Wildman–Crippen MR) is 63.7 cm³/mol. The van der Waals surface area contributed by atoms with Gasteiger partial charge in [-0.25, -0.2) is 4.79 Å². The molecule has 0 aromatic rings. The van der Waals surface area contributed by atoms with Crippen LogP contribution < -0.4 is 10.6 Å². The number of hydrogen-bond donors (Lipinski definition) is 2. The first-order valence-corrected chi connectivity index (χ1v) is 5.52. The molecule has 0 aromatic carbocycles. The van der Waals surface area contributed by atoms with E-state index in [1.165, 1.54) is 7.11 Å². The topological polar surface area (TPSA) is 76.7 Å². The zero-order chi connectivity index (χ0) is 13.5. The van der Waals surface area contributed by atoms with Crippen molar-refractivity contribution in [3.63, 3.8) is 0 Å². The average molecular weight is 246 g/mol. The van der Waals surface area contributed by atoms with Crippen LogP contribution in [0.3, 0.4) is 0 Å². The number of ether oxygens (including phenoxy) is 2. The molecule has 0 aliphatic carbocycles. The molecule has 0 saturated carbocycles. The number of carbonyl (C=O) groups is 2. The van der Waals surface area contributed by atoms with Crippen LogP contribution in [-0.4, -0.2) is 44.4 Å². The molecule has 0 saturated heterocycles. The van der Waals surface area contributed by atoms with Gasteiger partial charge in [-0.05, 0) is 34.2 Å². The summed E-state index contributed by atoms with van der Waals surface area (Å²) in [5.41, 5.74) is -0.519. The van der Waals surface area contributed by atoms with Crippen LogP contribution >= 0.6 is 0 Å². The Bertz CT molecular complexity index is 261. The van der Waals surface area contributed by atoms with Crippen LogP contribution in [0.2, 0.25) is 0 Å². The van der Waals surface area contributed by atoms with Gasteiger partial charge in [0.1, 0.15) is 11.6 Å². The Balaban J connectivity index is 3.90. The van der Waals surface area contributed by atoms with Crippen molar-refractivity contribution in [2.75, 3.05) is 20.7 Å². The number of hydrogen-bond acceptors (Lipinski definition) is 5. The van der Waals surface area contributed by atoms with Crippen LogP contribution in [0.5, 0.6) is 0 Å². The number of carbonyl (C=O) groups excluding carboxylic acids is 2. The minimum atomic E-state index is -0.519. The monoisotopic (exact) mass is 246 g/mol. The maximum atomic E-state index is 11.3. The number of nitrogens with one attached hydrogen (secondary N) is 2. The zero-order valence-corrected chi connectivity index (χ0v) is 11.1. The van der Waals surface area contributed by atoms with Crippen LogP contribution in [0.1, 0.15) is 27.2 Å². The average Bonchev–Trinajstić information content (AvgIpc) is 2.21. The van der Waals surface area contributed by atoms with Gasteiger partial charge in [0.2, 0.25) is 0 Å². The molecule has 0 radical (unpaired) electrons. The Morgan fingerprint density at radius 3 is 2.29 bits per heavy atom. The van der Waals surface area contributed by atoms with Crippen LogP contribution in [0, 0.1) is 0 Å². The molecule has 1 amide bonds. The van der Waals surface area contributed by atoms with Crippen molar-refractivity contribution in [3.8, 4) is 0 Å². The predicted octanol–water partition coefficient (Wildman–Crippen LogP) is 0.662. The van der Waals surface area contributed by atoms with E-state index in [1.807, 2.05) is 0 Å². The maximum absolute atomic E-state index is 11.3. The molecule has 100 valence electrons. The summed E-state index contributed by atoms with van der Waals surface area (Å²) in [5, 5.41) is 5.38. The lowest BCUT2D eigenvalue weighted by molar-refractivity contribution is -0.143. The van der Waals surface area contributed by atoms with Gasteiger partial charge in [-0.15, -0.1) is 0 Å². The molecule has 6 heteroatoms. The highest BCUT2D eigenvalue weighted by atomic mass is 16.6. The molecule has 0 unspecified atom stereocenters. The summed E-state index contributed by atoms with van der Waals surface area (Å²) in [5.74, 6) is -0.349. The van der Waals surface area contributed by atoms with Gasteiger partial charge in [-0.3, -0.25) is 4.79 Å². The molecule has 0 spiro atoms. The van der Waals surface area contributed by atoms with Crippen molar-refractivity contribution in [3.05, 3.63) is 0 Å². The van der Waals surface area contributed by atoms with E-state index in [1.54, 1.807) is 27.8 Å². The van der Waals surface area contributed by atoms with E-state index in [0.29, 0.717) is 13.0 Å². The van der Waals surface area contributed by atoms with E-state index < -0.39 is 17.7 Å². The Morgan fingerprint density at radius 2 is 1.88 bits per heavy atom. The van der Waals surface area contributed by atoms with Crippen LogP contribution in [0.25, 0.3) is 0 Å². The van der Waals surface area contributed by atoms with Gasteiger partial charge in [0.15, 0.2) is 0 Å². The van der Waals surface area contributed by atoms with E-state index in [0.717, 1.165) is 0 Å². The second-order valence-electron chi connectivity index (χ2n) is 4.58. The quantitative estimate of drug-likeness (QED) is 0.697. The molecular weight excluding hydrogens is 224 g/mol. The number of amides is 1. The van der Waals surface area contributed by atoms with Crippen LogP contribution in [0.4, 0.5) is 4.79 Å². The smallest absolute Gasteiger partial charge is 0.407 e. The normalized spacial score (nSPS) is 12.8. The van der Waals surface area contributed by atoms with Crippen molar-refractivity contribution < 1.29 is 19.1 Å². The molecule has 6 nitrogen and oxygen atoms in total. The van der Waals surface area contributed by atoms with Crippen molar-refractivity contribution in [2.45, 2.75) is 38.8 Å². The molecule has 0 aliphatic rings. The van der Waals surface area contributed by atoms with Crippen molar-refractivity contribution in [2.24, 2.45) is 0 Å². The fraction of sp³-hybridized carbons (Fsp3) is 0.818. The summed E-state index contributed by atoms with van der Waals surface area (Å²) in [7, 11) is 2.99. The summed E-state index contributed by atoms with van der Waals surface area (Å²) >= 11 is 0. The highest BCUT2D eigenvalue weighted by molar-refractivity contribution is 5.75. The van der Waals surface area contributed by atoms with Crippen LogP contribution in [-0.2, 0) is 14.3 Å². The first-order chi connectivity index (χ1) is 7.80. The highest BCUT2D eigenvalue weighted by Gasteiger charge is 2.18.